The molecule has 0 aromatic heterocycles. The molecule has 0 radical (unpaired) electrons. The Hall–Kier alpha value is -2.20. The van der Waals surface area contributed by atoms with Crippen LogP contribution in [0, 0.1) is 17.7 Å². The predicted octanol–water partition coefficient (Wildman–Crippen LogP) is 2.00. The number of fused-ring (bicyclic) bond motifs is 1. The first kappa shape index (κ1) is 25.4. The second-order valence-corrected chi connectivity index (χ2v) is 11.3. The van der Waals surface area contributed by atoms with E-state index in [9.17, 15) is 22.4 Å². The Kier molecular flexibility index (Phi) is 7.68. The van der Waals surface area contributed by atoms with Crippen LogP contribution in [0.1, 0.15) is 40.5 Å². The zero-order chi connectivity index (χ0) is 24.5. The molecule has 33 heavy (non-hydrogen) atoms. The molecule has 1 aromatic rings. The highest BCUT2D eigenvalue weighted by Gasteiger charge is 2.55. The van der Waals surface area contributed by atoms with E-state index in [4.69, 9.17) is 4.74 Å². The van der Waals surface area contributed by atoms with Crippen molar-refractivity contribution in [1.82, 2.24) is 14.5 Å². The summed E-state index contributed by atoms with van der Waals surface area (Å²) in [4.78, 5) is 27.8. The van der Waals surface area contributed by atoms with Crippen LogP contribution in [0.5, 0.6) is 5.75 Å². The summed E-state index contributed by atoms with van der Waals surface area (Å²) in [6.07, 6.45) is 1.69. The number of nitrogens with one attached hydrogen (secondary N) is 1. The molecule has 184 valence electrons. The second-order valence-electron chi connectivity index (χ2n) is 9.36. The van der Waals surface area contributed by atoms with Crippen LogP contribution in [-0.2, 0) is 19.6 Å². The van der Waals surface area contributed by atoms with Gasteiger partial charge in [-0.1, -0.05) is 27.7 Å². The average molecular weight is 484 g/mol. The van der Waals surface area contributed by atoms with Gasteiger partial charge in [0.15, 0.2) is 0 Å². The van der Waals surface area contributed by atoms with Crippen molar-refractivity contribution >= 4 is 21.8 Å². The van der Waals surface area contributed by atoms with E-state index < -0.39 is 40.1 Å². The lowest BCUT2D eigenvalue weighted by Crippen LogP contribution is -2.56. The SMILES string of the molecule is CC[C@@H](C)C(=O)N[C@H](C(=O)N1CC[C@@H]2[C@H]1[C@@H](Oc1ccc(F)cc1)CN2S(C)(=O)=O)C(C)C. The lowest BCUT2D eigenvalue weighted by molar-refractivity contribution is -0.140. The average Bonchev–Trinajstić information content (AvgIpc) is 3.33. The fourth-order valence-electron chi connectivity index (χ4n) is 4.59. The number of likely N-dealkylation sites (tertiary alicyclic amines) is 1. The molecule has 1 aromatic carbocycles. The highest BCUT2D eigenvalue weighted by Crippen LogP contribution is 2.36. The number of amides is 2. The third-order valence-electron chi connectivity index (χ3n) is 6.63. The van der Waals surface area contributed by atoms with Gasteiger partial charge in [0, 0.05) is 12.5 Å². The van der Waals surface area contributed by atoms with Crippen LogP contribution in [0.15, 0.2) is 24.3 Å². The van der Waals surface area contributed by atoms with Crippen molar-refractivity contribution in [2.45, 2.75) is 64.8 Å². The van der Waals surface area contributed by atoms with E-state index >= 15 is 0 Å². The fourth-order valence-corrected chi connectivity index (χ4v) is 5.73. The minimum atomic E-state index is -3.52. The van der Waals surface area contributed by atoms with Crippen molar-refractivity contribution in [1.29, 1.82) is 0 Å². The molecule has 2 fully saturated rings. The van der Waals surface area contributed by atoms with Gasteiger partial charge in [0.1, 0.15) is 23.7 Å². The summed E-state index contributed by atoms with van der Waals surface area (Å²) in [5, 5.41) is 2.89. The summed E-state index contributed by atoms with van der Waals surface area (Å²) in [6.45, 7) is 7.94. The Labute approximate surface area is 195 Å². The van der Waals surface area contributed by atoms with E-state index in [0.717, 1.165) is 6.26 Å². The molecule has 0 bridgehead atoms. The highest BCUT2D eigenvalue weighted by atomic mass is 32.2. The topological polar surface area (TPSA) is 96.0 Å². The zero-order valence-electron chi connectivity index (χ0n) is 19.8. The number of halogens is 1. The van der Waals surface area contributed by atoms with Gasteiger partial charge in [0.25, 0.3) is 0 Å². The lowest BCUT2D eigenvalue weighted by atomic mass is 9.99. The standard InChI is InChI=1S/C23H34FN3O5S/c1-6-15(4)22(28)25-20(14(2)3)23(29)26-12-11-18-21(26)19(13-27(18)33(5,30)31)32-17-9-7-16(24)8-10-17/h7-10,14-15,18-21H,6,11-13H2,1-5H3,(H,25,28)/t15-,18-,19+,20+,21+/m1/s1. The first-order valence-electron chi connectivity index (χ1n) is 11.4. The normalized spacial score (nSPS) is 25.1. The number of carbonyl (C=O) groups is 2. The number of sulfonamides is 1. The van der Waals surface area contributed by atoms with E-state index in [1.165, 1.54) is 28.6 Å². The number of rotatable bonds is 8. The van der Waals surface area contributed by atoms with E-state index in [1.807, 2.05) is 27.7 Å². The summed E-state index contributed by atoms with van der Waals surface area (Å²) in [5.41, 5.74) is 0. The molecule has 2 aliphatic heterocycles. The van der Waals surface area contributed by atoms with Gasteiger partial charge in [-0.3, -0.25) is 9.59 Å². The maximum absolute atomic E-state index is 13.6. The quantitative estimate of drug-likeness (QED) is 0.610. The number of hydrogen-bond acceptors (Lipinski definition) is 5. The Morgan fingerprint density at radius 2 is 1.85 bits per heavy atom. The van der Waals surface area contributed by atoms with Gasteiger partial charge in [0.2, 0.25) is 21.8 Å². The smallest absolute Gasteiger partial charge is 0.245 e. The van der Waals surface area contributed by atoms with Crippen LogP contribution in [0.25, 0.3) is 0 Å². The summed E-state index contributed by atoms with van der Waals surface area (Å²) in [6, 6.07) is 3.88. The van der Waals surface area contributed by atoms with Gasteiger partial charge in [0.05, 0.1) is 24.9 Å². The lowest BCUT2D eigenvalue weighted by Gasteiger charge is -2.33. The molecule has 2 saturated heterocycles. The highest BCUT2D eigenvalue weighted by molar-refractivity contribution is 7.88. The van der Waals surface area contributed by atoms with Gasteiger partial charge in [-0.15, -0.1) is 0 Å². The summed E-state index contributed by atoms with van der Waals surface area (Å²) >= 11 is 0. The molecule has 0 saturated carbocycles. The molecule has 2 amide bonds. The maximum atomic E-state index is 13.6. The van der Waals surface area contributed by atoms with Crippen LogP contribution < -0.4 is 10.1 Å². The van der Waals surface area contributed by atoms with Crippen LogP contribution >= 0.6 is 0 Å². The largest absolute Gasteiger partial charge is 0.487 e. The third-order valence-corrected chi connectivity index (χ3v) is 7.90. The molecule has 8 nitrogen and oxygen atoms in total. The van der Waals surface area contributed by atoms with Crippen LogP contribution in [0.2, 0.25) is 0 Å². The molecule has 5 atom stereocenters. The molecule has 0 unspecified atom stereocenters. The molecule has 2 heterocycles. The van der Waals surface area contributed by atoms with Crippen LogP contribution in [0.3, 0.4) is 0 Å². The van der Waals surface area contributed by atoms with Gasteiger partial charge in [-0.2, -0.15) is 4.31 Å². The van der Waals surface area contributed by atoms with E-state index in [0.29, 0.717) is 25.1 Å². The molecule has 0 spiro atoms. The van der Waals surface area contributed by atoms with Crippen LogP contribution in [0.4, 0.5) is 4.39 Å². The monoisotopic (exact) mass is 483 g/mol. The number of ether oxygens (including phenoxy) is 1. The summed E-state index contributed by atoms with van der Waals surface area (Å²) in [7, 11) is -3.52. The van der Waals surface area contributed by atoms with E-state index in [1.54, 1.807) is 4.90 Å². The molecule has 10 heteroatoms. The Morgan fingerprint density at radius 1 is 1.21 bits per heavy atom. The first-order chi connectivity index (χ1) is 15.4. The van der Waals surface area contributed by atoms with Crippen molar-refractivity contribution in [3.8, 4) is 5.75 Å². The minimum Gasteiger partial charge on any atom is -0.487 e. The van der Waals surface area contributed by atoms with Gasteiger partial charge < -0.3 is 15.0 Å². The molecular formula is C23H34FN3O5S. The number of carbonyl (C=O) groups excluding carboxylic acids is 2. The van der Waals surface area contributed by atoms with Gasteiger partial charge in [-0.25, -0.2) is 12.8 Å². The third kappa shape index (κ3) is 5.48. The number of benzene rings is 1. The summed E-state index contributed by atoms with van der Waals surface area (Å²) < 4.78 is 45.7. The fraction of sp³-hybridized carbons (Fsp3) is 0.652. The number of hydrogen-bond donors (Lipinski definition) is 1. The molecule has 3 rings (SSSR count). The van der Waals surface area contributed by atoms with Crippen molar-refractivity contribution < 1.29 is 27.1 Å². The molecule has 1 N–H and O–H groups in total. The Morgan fingerprint density at radius 3 is 2.39 bits per heavy atom. The first-order valence-corrected chi connectivity index (χ1v) is 13.3. The van der Waals surface area contributed by atoms with Gasteiger partial charge >= 0.3 is 0 Å². The second kappa shape index (κ2) is 9.97. The number of nitrogens with zero attached hydrogens (tertiary/aromatic N) is 2. The predicted molar refractivity (Wildman–Crippen MR) is 122 cm³/mol. The van der Waals surface area contributed by atoms with Crippen molar-refractivity contribution in [2.24, 2.45) is 11.8 Å². The Bertz CT molecular complexity index is 969. The molecule has 0 aliphatic carbocycles. The minimum absolute atomic E-state index is 0.0981. The Balaban J connectivity index is 1.87. The van der Waals surface area contributed by atoms with Crippen molar-refractivity contribution in [3.63, 3.8) is 0 Å². The zero-order valence-corrected chi connectivity index (χ0v) is 20.6. The van der Waals surface area contributed by atoms with Crippen molar-refractivity contribution in [3.05, 3.63) is 30.1 Å². The van der Waals surface area contributed by atoms with Crippen LogP contribution in [-0.4, -0.2) is 73.0 Å². The van der Waals surface area contributed by atoms with Crippen molar-refractivity contribution in [2.75, 3.05) is 19.3 Å². The maximum Gasteiger partial charge on any atom is 0.245 e. The van der Waals surface area contributed by atoms with E-state index in [-0.39, 0.29) is 30.2 Å². The molecule has 2 aliphatic rings. The summed E-state index contributed by atoms with van der Waals surface area (Å²) in [5.74, 6) is -0.777. The molecular weight excluding hydrogens is 449 g/mol. The van der Waals surface area contributed by atoms with E-state index in [2.05, 4.69) is 5.32 Å². The van der Waals surface area contributed by atoms with Gasteiger partial charge in [-0.05, 0) is 43.0 Å².